The lowest BCUT2D eigenvalue weighted by atomic mass is 10.0. The molecule has 1 spiro atoms. The molecule has 0 amide bonds. The number of aryl methyl sites for hydroxylation is 2. The summed E-state index contributed by atoms with van der Waals surface area (Å²) in [5.41, 5.74) is 8.52. The molecule has 2 aromatic carbocycles. The minimum atomic E-state index is 0.116. The zero-order valence-corrected chi connectivity index (χ0v) is 14.7. The molecule has 0 unspecified atom stereocenters. The van der Waals surface area contributed by atoms with Crippen LogP contribution in [0.25, 0.3) is 11.1 Å². The van der Waals surface area contributed by atoms with Gasteiger partial charge in [0.15, 0.2) is 0 Å². The Balaban J connectivity index is 2.11. The Morgan fingerprint density at radius 1 is 0.950 bits per heavy atom. The molecule has 0 aromatic heterocycles. The number of fused-ring (bicyclic) bond motifs is 5. The molecular formula is C17H15BrS2. The minimum absolute atomic E-state index is 0.116. The lowest BCUT2D eigenvalue weighted by Crippen LogP contribution is -2.13. The largest absolute Gasteiger partial charge is 0.134 e. The van der Waals surface area contributed by atoms with Crippen LogP contribution in [0, 0.1) is 13.8 Å². The highest BCUT2D eigenvalue weighted by atomic mass is 79.9. The number of hydrogen-bond donors (Lipinski definition) is 0. The molecule has 1 fully saturated rings. The Hall–Kier alpha value is -0.380. The fourth-order valence-electron chi connectivity index (χ4n) is 3.30. The van der Waals surface area contributed by atoms with E-state index in [-0.39, 0.29) is 4.08 Å². The van der Waals surface area contributed by atoms with Crippen molar-refractivity contribution in [1.29, 1.82) is 0 Å². The van der Waals surface area contributed by atoms with Crippen molar-refractivity contribution in [1.82, 2.24) is 0 Å². The standard InChI is InChI=1S/C17H15BrS2/c1-10-3-4-14-12(7-10)13-8-11(2)9-15(18)16(13)17(14)19-5-6-20-17/h3-4,7-9H,5-6H2,1-2H3. The van der Waals surface area contributed by atoms with Crippen LogP contribution in [-0.2, 0) is 4.08 Å². The van der Waals surface area contributed by atoms with Gasteiger partial charge in [-0.15, -0.1) is 23.5 Å². The maximum absolute atomic E-state index is 3.83. The summed E-state index contributed by atoms with van der Waals surface area (Å²) in [5.74, 6) is 2.47. The number of hydrogen-bond acceptors (Lipinski definition) is 2. The van der Waals surface area contributed by atoms with Crippen LogP contribution >= 0.6 is 39.5 Å². The SMILES string of the molecule is Cc1ccc2c(c1)-c1cc(C)cc(Br)c1C21SCCS1. The van der Waals surface area contributed by atoms with E-state index in [2.05, 4.69) is 83.6 Å². The van der Waals surface area contributed by atoms with E-state index in [4.69, 9.17) is 0 Å². The van der Waals surface area contributed by atoms with Crippen LogP contribution in [0.4, 0.5) is 0 Å². The van der Waals surface area contributed by atoms with Crippen molar-refractivity contribution < 1.29 is 0 Å². The third kappa shape index (κ3) is 1.69. The Morgan fingerprint density at radius 3 is 2.40 bits per heavy atom. The average molecular weight is 363 g/mol. The van der Waals surface area contributed by atoms with Gasteiger partial charge in [-0.25, -0.2) is 0 Å². The van der Waals surface area contributed by atoms with Crippen molar-refractivity contribution >= 4 is 39.5 Å². The van der Waals surface area contributed by atoms with Gasteiger partial charge in [0.25, 0.3) is 0 Å². The summed E-state index contributed by atoms with van der Waals surface area (Å²) in [4.78, 5) is 0. The average Bonchev–Trinajstić information content (AvgIpc) is 2.96. The highest BCUT2D eigenvalue weighted by Gasteiger charge is 2.48. The van der Waals surface area contributed by atoms with Crippen molar-refractivity contribution in [2.75, 3.05) is 11.5 Å². The van der Waals surface area contributed by atoms with E-state index in [1.807, 2.05) is 0 Å². The fraction of sp³-hybridized carbons (Fsp3) is 0.294. The van der Waals surface area contributed by atoms with Crippen molar-refractivity contribution in [2.45, 2.75) is 17.9 Å². The maximum Gasteiger partial charge on any atom is 0.114 e. The molecule has 0 bridgehead atoms. The van der Waals surface area contributed by atoms with Crippen molar-refractivity contribution in [3.63, 3.8) is 0 Å². The predicted molar refractivity (Wildman–Crippen MR) is 94.7 cm³/mol. The predicted octanol–water partition coefficient (Wildman–Crippen LogP) is 5.73. The fourth-order valence-corrected chi connectivity index (χ4v) is 7.91. The highest BCUT2D eigenvalue weighted by molar-refractivity contribution is 9.10. The molecule has 20 heavy (non-hydrogen) atoms. The molecule has 4 rings (SSSR count). The molecule has 2 aromatic rings. The van der Waals surface area contributed by atoms with E-state index in [1.165, 1.54) is 49.4 Å². The van der Waals surface area contributed by atoms with Gasteiger partial charge in [-0.3, -0.25) is 0 Å². The molecule has 0 N–H and O–H groups in total. The smallest absolute Gasteiger partial charge is 0.114 e. The first kappa shape index (κ1) is 13.3. The van der Waals surface area contributed by atoms with Gasteiger partial charge in [-0.05, 0) is 42.2 Å². The van der Waals surface area contributed by atoms with Gasteiger partial charge in [-0.2, -0.15) is 0 Å². The van der Waals surface area contributed by atoms with Crippen LogP contribution in [0.2, 0.25) is 0 Å². The molecule has 2 aliphatic rings. The summed E-state index contributed by atoms with van der Waals surface area (Å²) in [6.07, 6.45) is 0. The second-order valence-corrected chi connectivity index (χ2v) is 9.26. The zero-order valence-electron chi connectivity index (χ0n) is 11.5. The third-order valence-corrected chi connectivity index (χ3v) is 8.15. The first-order valence-electron chi connectivity index (χ1n) is 6.82. The first-order valence-corrected chi connectivity index (χ1v) is 9.58. The van der Waals surface area contributed by atoms with E-state index in [1.54, 1.807) is 0 Å². The van der Waals surface area contributed by atoms with Crippen LogP contribution in [-0.4, -0.2) is 11.5 Å². The topological polar surface area (TPSA) is 0 Å². The number of rotatable bonds is 0. The lowest BCUT2D eigenvalue weighted by molar-refractivity contribution is 1.12. The molecule has 102 valence electrons. The molecule has 0 saturated carbocycles. The summed E-state index contributed by atoms with van der Waals surface area (Å²) in [6, 6.07) is 11.6. The summed E-state index contributed by atoms with van der Waals surface area (Å²) >= 11 is 8.03. The summed E-state index contributed by atoms with van der Waals surface area (Å²) in [6.45, 7) is 4.37. The molecule has 1 aliphatic heterocycles. The van der Waals surface area contributed by atoms with E-state index >= 15 is 0 Å². The van der Waals surface area contributed by atoms with Crippen molar-refractivity contribution in [3.8, 4) is 11.1 Å². The molecule has 1 saturated heterocycles. The monoisotopic (exact) mass is 362 g/mol. The quantitative estimate of drug-likeness (QED) is 0.586. The van der Waals surface area contributed by atoms with Crippen LogP contribution in [0.5, 0.6) is 0 Å². The number of thioether (sulfide) groups is 2. The van der Waals surface area contributed by atoms with Gasteiger partial charge < -0.3 is 0 Å². The van der Waals surface area contributed by atoms with Crippen LogP contribution in [0.15, 0.2) is 34.8 Å². The van der Waals surface area contributed by atoms with Crippen LogP contribution in [0.3, 0.4) is 0 Å². The van der Waals surface area contributed by atoms with E-state index in [0.29, 0.717) is 0 Å². The van der Waals surface area contributed by atoms with E-state index in [0.717, 1.165) is 0 Å². The van der Waals surface area contributed by atoms with Gasteiger partial charge in [-0.1, -0.05) is 45.8 Å². The molecule has 0 nitrogen and oxygen atoms in total. The van der Waals surface area contributed by atoms with Gasteiger partial charge in [0, 0.05) is 21.5 Å². The Bertz CT molecular complexity index is 715. The van der Waals surface area contributed by atoms with Gasteiger partial charge in [0.2, 0.25) is 0 Å². The van der Waals surface area contributed by atoms with Gasteiger partial charge in [0.05, 0.1) is 0 Å². The molecule has 0 atom stereocenters. The second kappa shape index (κ2) is 4.56. The zero-order chi connectivity index (χ0) is 13.9. The van der Waals surface area contributed by atoms with Gasteiger partial charge in [0.1, 0.15) is 4.08 Å². The third-order valence-electron chi connectivity index (χ3n) is 4.08. The Kier molecular flexibility index (Phi) is 3.03. The molecule has 1 heterocycles. The molecule has 0 radical (unpaired) electrons. The van der Waals surface area contributed by atoms with Crippen molar-refractivity contribution in [2.24, 2.45) is 0 Å². The normalized spacial score (nSPS) is 18.4. The molecule has 3 heteroatoms. The van der Waals surface area contributed by atoms with Crippen LogP contribution in [0.1, 0.15) is 22.3 Å². The first-order chi connectivity index (χ1) is 9.62. The highest BCUT2D eigenvalue weighted by Crippen LogP contribution is 2.65. The Morgan fingerprint density at radius 2 is 1.65 bits per heavy atom. The van der Waals surface area contributed by atoms with Crippen LogP contribution < -0.4 is 0 Å². The second-order valence-electron chi connectivity index (χ2n) is 5.53. The van der Waals surface area contributed by atoms with E-state index < -0.39 is 0 Å². The Labute approximate surface area is 136 Å². The van der Waals surface area contributed by atoms with E-state index in [9.17, 15) is 0 Å². The van der Waals surface area contributed by atoms with Crippen molar-refractivity contribution in [3.05, 3.63) is 57.1 Å². The minimum Gasteiger partial charge on any atom is -0.134 e. The van der Waals surface area contributed by atoms with Gasteiger partial charge >= 0.3 is 0 Å². The summed E-state index contributed by atoms with van der Waals surface area (Å²) in [7, 11) is 0. The summed E-state index contributed by atoms with van der Waals surface area (Å²) in [5, 5.41) is 0. The molecule has 1 aliphatic carbocycles. The number of benzene rings is 2. The number of halogens is 1. The molecular weight excluding hydrogens is 348 g/mol. The summed E-state index contributed by atoms with van der Waals surface area (Å²) < 4.78 is 1.38. The lowest BCUT2D eigenvalue weighted by Gasteiger charge is -2.25. The maximum atomic E-state index is 3.83.